The highest BCUT2D eigenvalue weighted by Gasteiger charge is 2.40. The molecule has 0 spiro atoms. The van der Waals surface area contributed by atoms with Crippen molar-refractivity contribution in [3.63, 3.8) is 0 Å². The molecular formula is C22H32F3N3O2. The fraction of sp³-hybridized carbons (Fsp3) is 0.682. The van der Waals surface area contributed by atoms with Crippen LogP contribution in [0.3, 0.4) is 0 Å². The topological polar surface area (TPSA) is 54.9 Å². The van der Waals surface area contributed by atoms with E-state index in [0.717, 1.165) is 70.1 Å². The fourth-order valence-corrected chi connectivity index (χ4v) is 4.02. The van der Waals surface area contributed by atoms with Crippen molar-refractivity contribution in [3.05, 3.63) is 35.4 Å². The second-order valence-corrected chi connectivity index (χ2v) is 8.22. The van der Waals surface area contributed by atoms with Crippen molar-refractivity contribution >= 4 is 5.96 Å². The van der Waals surface area contributed by atoms with Gasteiger partial charge in [0.05, 0.1) is 18.8 Å². The quantitative estimate of drug-likeness (QED) is 0.358. The molecule has 168 valence electrons. The average molecular weight is 428 g/mol. The number of rotatable bonds is 9. The molecule has 1 atom stereocenters. The number of halogens is 3. The number of ether oxygens (including phenoxy) is 2. The monoisotopic (exact) mass is 427 g/mol. The number of hydrogen-bond donors (Lipinski definition) is 2. The van der Waals surface area contributed by atoms with Crippen molar-refractivity contribution in [1.29, 1.82) is 0 Å². The zero-order valence-electron chi connectivity index (χ0n) is 17.6. The molecule has 0 aromatic heterocycles. The molecule has 2 aliphatic rings. The van der Waals surface area contributed by atoms with Crippen LogP contribution >= 0.6 is 0 Å². The van der Waals surface area contributed by atoms with E-state index in [2.05, 4.69) is 15.6 Å². The maximum atomic E-state index is 13.1. The highest BCUT2D eigenvalue weighted by atomic mass is 19.4. The second-order valence-electron chi connectivity index (χ2n) is 8.22. The lowest BCUT2D eigenvalue weighted by Crippen LogP contribution is -2.49. The number of guanidine groups is 1. The number of aliphatic imine (C=N–C) groups is 1. The van der Waals surface area contributed by atoms with Crippen LogP contribution in [0.4, 0.5) is 13.2 Å². The zero-order chi connectivity index (χ0) is 21.5. The molecular weight excluding hydrogens is 395 g/mol. The predicted molar refractivity (Wildman–Crippen MR) is 111 cm³/mol. The summed E-state index contributed by atoms with van der Waals surface area (Å²) in [6, 6.07) is 5.73. The Hall–Kier alpha value is -1.80. The van der Waals surface area contributed by atoms with Crippen LogP contribution in [-0.2, 0) is 21.1 Å². The smallest absolute Gasteiger partial charge is 0.381 e. The van der Waals surface area contributed by atoms with E-state index in [9.17, 15) is 13.2 Å². The first-order chi connectivity index (χ1) is 14.4. The Morgan fingerprint density at radius 1 is 1.30 bits per heavy atom. The number of nitrogens with one attached hydrogen (secondary N) is 2. The third kappa shape index (κ3) is 6.11. The van der Waals surface area contributed by atoms with E-state index in [0.29, 0.717) is 25.0 Å². The van der Waals surface area contributed by atoms with Gasteiger partial charge in [0.2, 0.25) is 0 Å². The van der Waals surface area contributed by atoms with Crippen molar-refractivity contribution in [1.82, 2.24) is 10.6 Å². The van der Waals surface area contributed by atoms with Crippen LogP contribution < -0.4 is 10.6 Å². The number of alkyl halides is 3. The van der Waals surface area contributed by atoms with Crippen molar-refractivity contribution in [2.75, 3.05) is 46.6 Å². The Bertz CT molecular complexity index is 699. The van der Waals surface area contributed by atoms with Crippen LogP contribution in [0.15, 0.2) is 29.3 Å². The molecule has 30 heavy (non-hydrogen) atoms. The molecule has 3 rings (SSSR count). The SMILES string of the molecule is CN=C(NCCCOCC1CCOC1)NCC1(c2cccc(C(F)(F)F)c2)CCC1. The van der Waals surface area contributed by atoms with Gasteiger partial charge < -0.3 is 20.1 Å². The van der Waals surface area contributed by atoms with Gasteiger partial charge in [0.1, 0.15) is 0 Å². The van der Waals surface area contributed by atoms with Crippen LogP contribution in [0, 0.1) is 5.92 Å². The van der Waals surface area contributed by atoms with Crippen LogP contribution in [0.2, 0.25) is 0 Å². The molecule has 5 nitrogen and oxygen atoms in total. The van der Waals surface area contributed by atoms with Crippen molar-refractivity contribution in [2.45, 2.75) is 43.7 Å². The summed E-state index contributed by atoms with van der Waals surface area (Å²) >= 11 is 0. The van der Waals surface area contributed by atoms with E-state index in [4.69, 9.17) is 9.47 Å². The van der Waals surface area contributed by atoms with Crippen LogP contribution in [0.1, 0.15) is 43.2 Å². The maximum Gasteiger partial charge on any atom is 0.416 e. The minimum absolute atomic E-state index is 0.272. The van der Waals surface area contributed by atoms with E-state index in [1.807, 2.05) is 0 Å². The Balaban J connectivity index is 1.43. The molecule has 0 radical (unpaired) electrons. The van der Waals surface area contributed by atoms with Gasteiger partial charge in [-0.15, -0.1) is 0 Å². The maximum absolute atomic E-state index is 13.1. The highest BCUT2D eigenvalue weighted by molar-refractivity contribution is 5.79. The first kappa shape index (κ1) is 22.9. The molecule has 1 saturated carbocycles. The van der Waals surface area contributed by atoms with E-state index >= 15 is 0 Å². The summed E-state index contributed by atoms with van der Waals surface area (Å²) in [4.78, 5) is 4.24. The van der Waals surface area contributed by atoms with Crippen molar-refractivity contribution < 1.29 is 22.6 Å². The standard InChI is InChI=1S/C22H32F3N3O2/c1-26-20(27-10-4-11-29-14-17-7-12-30-15-17)28-16-21(8-3-9-21)18-5-2-6-19(13-18)22(23,24)25/h2,5-6,13,17H,3-4,7-12,14-16H2,1H3,(H2,26,27,28). The third-order valence-electron chi connectivity index (χ3n) is 6.07. The van der Waals surface area contributed by atoms with Crippen molar-refractivity contribution in [2.24, 2.45) is 10.9 Å². The summed E-state index contributed by atoms with van der Waals surface area (Å²) in [5.74, 6) is 1.18. The number of hydrogen-bond acceptors (Lipinski definition) is 3. The number of nitrogens with zero attached hydrogens (tertiary/aromatic N) is 1. The van der Waals surface area contributed by atoms with Crippen LogP contribution in [0.25, 0.3) is 0 Å². The highest BCUT2D eigenvalue weighted by Crippen LogP contribution is 2.44. The summed E-state index contributed by atoms with van der Waals surface area (Å²) in [7, 11) is 1.70. The van der Waals surface area contributed by atoms with Gasteiger partial charge in [0.15, 0.2) is 5.96 Å². The van der Waals surface area contributed by atoms with Gasteiger partial charge in [-0.05, 0) is 37.3 Å². The van der Waals surface area contributed by atoms with Gasteiger partial charge >= 0.3 is 6.18 Å². The van der Waals surface area contributed by atoms with E-state index in [1.165, 1.54) is 12.1 Å². The molecule has 8 heteroatoms. The fourth-order valence-electron chi connectivity index (χ4n) is 4.02. The Morgan fingerprint density at radius 3 is 2.77 bits per heavy atom. The van der Waals surface area contributed by atoms with Crippen LogP contribution in [-0.4, -0.2) is 52.5 Å². The molecule has 0 amide bonds. The minimum atomic E-state index is -4.32. The summed E-state index contributed by atoms with van der Waals surface area (Å²) in [5.41, 5.74) is -0.112. The summed E-state index contributed by atoms with van der Waals surface area (Å²) < 4.78 is 50.3. The second kappa shape index (κ2) is 10.5. The molecule has 1 heterocycles. The normalized spacial score (nSPS) is 21.3. The summed E-state index contributed by atoms with van der Waals surface area (Å²) in [5, 5.41) is 6.56. The van der Waals surface area contributed by atoms with Gasteiger partial charge in [-0.25, -0.2) is 0 Å². The molecule has 1 unspecified atom stereocenters. The molecule has 2 N–H and O–H groups in total. The third-order valence-corrected chi connectivity index (χ3v) is 6.07. The average Bonchev–Trinajstić information content (AvgIpc) is 3.21. The lowest BCUT2D eigenvalue weighted by molar-refractivity contribution is -0.137. The largest absolute Gasteiger partial charge is 0.416 e. The molecule has 2 fully saturated rings. The molecule has 1 aliphatic heterocycles. The minimum Gasteiger partial charge on any atom is -0.381 e. The first-order valence-electron chi connectivity index (χ1n) is 10.7. The van der Waals surface area contributed by atoms with Gasteiger partial charge in [-0.1, -0.05) is 24.6 Å². The molecule has 0 bridgehead atoms. The van der Waals surface area contributed by atoms with Gasteiger partial charge in [0, 0.05) is 44.7 Å². The first-order valence-corrected chi connectivity index (χ1v) is 10.7. The zero-order valence-corrected chi connectivity index (χ0v) is 17.6. The summed E-state index contributed by atoms with van der Waals surface area (Å²) in [6.45, 7) is 4.33. The van der Waals surface area contributed by atoms with Crippen molar-refractivity contribution in [3.8, 4) is 0 Å². The molecule has 1 aliphatic carbocycles. The van der Waals surface area contributed by atoms with E-state index < -0.39 is 11.7 Å². The van der Waals surface area contributed by atoms with Gasteiger partial charge in [-0.3, -0.25) is 4.99 Å². The lowest BCUT2D eigenvalue weighted by atomic mass is 9.64. The van der Waals surface area contributed by atoms with Crippen LogP contribution in [0.5, 0.6) is 0 Å². The lowest BCUT2D eigenvalue weighted by Gasteiger charge is -2.43. The van der Waals surface area contributed by atoms with E-state index in [1.54, 1.807) is 13.1 Å². The van der Waals surface area contributed by atoms with E-state index in [-0.39, 0.29) is 5.41 Å². The summed E-state index contributed by atoms with van der Waals surface area (Å²) in [6.07, 6.45) is 0.371. The molecule has 1 saturated heterocycles. The molecule has 1 aromatic carbocycles. The Kier molecular flexibility index (Phi) is 7.99. The Labute approximate surface area is 176 Å². The predicted octanol–water partition coefficient (Wildman–Crippen LogP) is 3.74. The molecule has 1 aromatic rings. The van der Waals surface area contributed by atoms with Gasteiger partial charge in [-0.2, -0.15) is 13.2 Å². The van der Waals surface area contributed by atoms with Gasteiger partial charge in [0.25, 0.3) is 0 Å². The number of benzene rings is 1. The Morgan fingerprint density at radius 2 is 2.13 bits per heavy atom.